The lowest BCUT2D eigenvalue weighted by atomic mass is 10.1. The van der Waals surface area contributed by atoms with E-state index in [0.29, 0.717) is 0 Å². The molecule has 0 spiro atoms. The number of thioether (sulfide) groups is 1. The van der Waals surface area contributed by atoms with E-state index >= 15 is 0 Å². The van der Waals surface area contributed by atoms with E-state index in [2.05, 4.69) is 10.4 Å². The number of aromatic nitrogens is 1. The topological polar surface area (TPSA) is 48.1 Å². The SMILES string of the molecule is Nc1cccc(-c2csc(C3CSCCO3)n2)c1. The van der Waals surface area contributed by atoms with Gasteiger partial charge < -0.3 is 10.5 Å². The van der Waals surface area contributed by atoms with Gasteiger partial charge in [-0.1, -0.05) is 12.1 Å². The first-order chi connectivity index (χ1) is 8.83. The molecule has 0 radical (unpaired) electrons. The lowest BCUT2D eigenvalue weighted by Crippen LogP contribution is -2.15. The van der Waals surface area contributed by atoms with Gasteiger partial charge in [0.05, 0.1) is 12.3 Å². The molecule has 0 amide bonds. The van der Waals surface area contributed by atoms with Gasteiger partial charge >= 0.3 is 0 Å². The van der Waals surface area contributed by atoms with E-state index in [9.17, 15) is 0 Å². The third kappa shape index (κ3) is 2.53. The van der Waals surface area contributed by atoms with E-state index in [1.807, 2.05) is 36.0 Å². The first-order valence-corrected chi connectivity index (χ1v) is 7.87. The van der Waals surface area contributed by atoms with Crippen LogP contribution in [0.2, 0.25) is 0 Å². The van der Waals surface area contributed by atoms with Gasteiger partial charge in [0.1, 0.15) is 11.1 Å². The Bertz CT molecular complexity index is 535. The van der Waals surface area contributed by atoms with Crippen LogP contribution in [-0.4, -0.2) is 23.1 Å². The molecule has 3 nitrogen and oxygen atoms in total. The molecule has 5 heteroatoms. The Morgan fingerprint density at radius 1 is 1.39 bits per heavy atom. The largest absolute Gasteiger partial charge is 0.399 e. The number of rotatable bonds is 2. The van der Waals surface area contributed by atoms with Crippen molar-refractivity contribution < 1.29 is 4.74 Å². The monoisotopic (exact) mass is 278 g/mol. The van der Waals surface area contributed by atoms with Crippen molar-refractivity contribution in [2.75, 3.05) is 23.8 Å². The van der Waals surface area contributed by atoms with Crippen LogP contribution in [0.15, 0.2) is 29.6 Å². The third-order valence-electron chi connectivity index (χ3n) is 2.80. The van der Waals surface area contributed by atoms with Gasteiger partial charge in [0.2, 0.25) is 0 Å². The fourth-order valence-corrected chi connectivity index (χ4v) is 3.73. The van der Waals surface area contributed by atoms with Gasteiger partial charge in [0, 0.05) is 28.1 Å². The number of hydrogen-bond acceptors (Lipinski definition) is 5. The smallest absolute Gasteiger partial charge is 0.123 e. The van der Waals surface area contributed by atoms with Crippen molar-refractivity contribution in [2.45, 2.75) is 6.10 Å². The minimum absolute atomic E-state index is 0.156. The van der Waals surface area contributed by atoms with E-state index < -0.39 is 0 Å². The van der Waals surface area contributed by atoms with Crippen LogP contribution in [0.1, 0.15) is 11.1 Å². The summed E-state index contributed by atoms with van der Waals surface area (Å²) in [6.45, 7) is 0.822. The molecule has 0 saturated carbocycles. The summed E-state index contributed by atoms with van der Waals surface area (Å²) in [5.41, 5.74) is 8.62. The fraction of sp³-hybridized carbons (Fsp3) is 0.308. The van der Waals surface area contributed by atoms with Gasteiger partial charge in [-0.3, -0.25) is 0 Å². The molecule has 1 atom stereocenters. The average Bonchev–Trinajstić information content (AvgIpc) is 2.89. The van der Waals surface area contributed by atoms with E-state index in [1.165, 1.54) is 0 Å². The molecule has 0 bridgehead atoms. The van der Waals surface area contributed by atoms with Gasteiger partial charge in [0.15, 0.2) is 0 Å². The summed E-state index contributed by atoms with van der Waals surface area (Å²) in [4.78, 5) is 4.67. The van der Waals surface area contributed by atoms with Crippen molar-refractivity contribution in [3.63, 3.8) is 0 Å². The first kappa shape index (κ1) is 12.0. The third-order valence-corrected chi connectivity index (χ3v) is 4.73. The second-order valence-corrected chi connectivity index (χ2v) is 6.17. The zero-order chi connectivity index (χ0) is 12.4. The minimum Gasteiger partial charge on any atom is -0.399 e. The molecular weight excluding hydrogens is 264 g/mol. The van der Waals surface area contributed by atoms with Crippen LogP contribution in [0.4, 0.5) is 5.69 Å². The lowest BCUT2D eigenvalue weighted by molar-refractivity contribution is 0.0756. The summed E-state index contributed by atoms with van der Waals surface area (Å²) in [6.07, 6.45) is 0.156. The molecule has 1 aromatic heterocycles. The summed E-state index contributed by atoms with van der Waals surface area (Å²) in [6, 6.07) is 7.83. The second-order valence-electron chi connectivity index (χ2n) is 4.13. The number of nitrogens with two attached hydrogens (primary N) is 1. The van der Waals surface area contributed by atoms with Crippen LogP contribution in [-0.2, 0) is 4.74 Å². The predicted octanol–water partition coefficient (Wildman–Crippen LogP) is 3.20. The molecule has 1 unspecified atom stereocenters. The molecule has 94 valence electrons. The summed E-state index contributed by atoms with van der Waals surface area (Å²) >= 11 is 3.59. The Kier molecular flexibility index (Phi) is 3.54. The van der Waals surface area contributed by atoms with Crippen LogP contribution in [0.5, 0.6) is 0 Å². The molecule has 18 heavy (non-hydrogen) atoms. The number of benzene rings is 1. The second kappa shape index (κ2) is 5.30. The van der Waals surface area contributed by atoms with Crippen molar-refractivity contribution in [1.82, 2.24) is 4.98 Å². The van der Waals surface area contributed by atoms with E-state index in [0.717, 1.165) is 40.1 Å². The van der Waals surface area contributed by atoms with E-state index in [4.69, 9.17) is 10.5 Å². The molecule has 1 saturated heterocycles. The van der Waals surface area contributed by atoms with Gasteiger partial charge in [0.25, 0.3) is 0 Å². The molecule has 1 aliphatic heterocycles. The van der Waals surface area contributed by atoms with Gasteiger partial charge in [-0.05, 0) is 12.1 Å². The molecule has 3 rings (SSSR count). The van der Waals surface area contributed by atoms with Gasteiger partial charge in [-0.25, -0.2) is 4.98 Å². The zero-order valence-electron chi connectivity index (χ0n) is 9.83. The summed E-state index contributed by atoms with van der Waals surface area (Å²) in [7, 11) is 0. The van der Waals surface area contributed by atoms with Gasteiger partial charge in [-0.2, -0.15) is 11.8 Å². The van der Waals surface area contributed by atoms with E-state index in [-0.39, 0.29) is 6.10 Å². The van der Waals surface area contributed by atoms with Crippen LogP contribution < -0.4 is 5.73 Å². The number of thiazole rings is 1. The Labute approximate surface area is 114 Å². The molecular formula is C13H14N2OS2. The highest BCUT2D eigenvalue weighted by Gasteiger charge is 2.20. The number of anilines is 1. The number of ether oxygens (including phenoxy) is 1. The maximum atomic E-state index is 5.79. The van der Waals surface area contributed by atoms with Crippen molar-refractivity contribution in [3.05, 3.63) is 34.7 Å². The first-order valence-electron chi connectivity index (χ1n) is 5.83. The van der Waals surface area contributed by atoms with Crippen LogP contribution in [0.25, 0.3) is 11.3 Å². The van der Waals surface area contributed by atoms with Gasteiger partial charge in [-0.15, -0.1) is 11.3 Å². The lowest BCUT2D eigenvalue weighted by Gasteiger charge is -2.19. The zero-order valence-corrected chi connectivity index (χ0v) is 11.5. The summed E-state index contributed by atoms with van der Waals surface area (Å²) < 4.78 is 5.74. The Morgan fingerprint density at radius 3 is 3.11 bits per heavy atom. The highest BCUT2D eigenvalue weighted by molar-refractivity contribution is 7.99. The summed E-state index contributed by atoms with van der Waals surface area (Å²) in [5, 5.41) is 3.15. The van der Waals surface area contributed by atoms with E-state index in [1.54, 1.807) is 11.3 Å². The van der Waals surface area contributed by atoms with Crippen LogP contribution in [0.3, 0.4) is 0 Å². The minimum atomic E-state index is 0.156. The molecule has 2 heterocycles. The number of nitrogen functional groups attached to an aromatic ring is 1. The van der Waals surface area contributed by atoms with Crippen molar-refractivity contribution in [2.24, 2.45) is 0 Å². The highest BCUT2D eigenvalue weighted by Crippen LogP contribution is 2.31. The van der Waals surface area contributed by atoms with Crippen molar-refractivity contribution in [1.29, 1.82) is 0 Å². The summed E-state index contributed by atoms with van der Waals surface area (Å²) in [5.74, 6) is 2.09. The number of nitrogens with zero attached hydrogens (tertiary/aromatic N) is 1. The molecule has 1 aliphatic rings. The molecule has 2 N–H and O–H groups in total. The predicted molar refractivity (Wildman–Crippen MR) is 78.0 cm³/mol. The molecule has 0 aliphatic carbocycles. The van der Waals surface area contributed by atoms with Crippen LogP contribution >= 0.6 is 23.1 Å². The normalized spacial score (nSPS) is 19.9. The molecule has 2 aromatic rings. The highest BCUT2D eigenvalue weighted by atomic mass is 32.2. The fourth-order valence-electron chi connectivity index (χ4n) is 1.90. The van der Waals surface area contributed by atoms with Crippen molar-refractivity contribution >= 4 is 28.8 Å². The Balaban J connectivity index is 1.84. The quantitative estimate of drug-likeness (QED) is 0.857. The molecule has 1 fully saturated rings. The maximum Gasteiger partial charge on any atom is 0.123 e. The van der Waals surface area contributed by atoms with Crippen LogP contribution in [0, 0.1) is 0 Å². The maximum absolute atomic E-state index is 5.79. The average molecular weight is 278 g/mol. The number of hydrogen-bond donors (Lipinski definition) is 1. The molecule has 1 aromatic carbocycles. The van der Waals surface area contributed by atoms with Crippen molar-refractivity contribution in [3.8, 4) is 11.3 Å². The Hall–Kier alpha value is -1.04. The Morgan fingerprint density at radius 2 is 2.33 bits per heavy atom. The standard InChI is InChI=1S/C13H14N2OS2/c14-10-3-1-2-9(6-10)11-7-18-13(15-11)12-8-17-5-4-16-12/h1-3,6-7,12H,4-5,8,14H2.